The molecule has 0 saturated carbocycles. The number of rotatable bonds is 0. The van der Waals surface area contributed by atoms with E-state index in [0.29, 0.717) is 0 Å². The van der Waals surface area contributed by atoms with Gasteiger partial charge in [0.15, 0.2) is 0 Å². The van der Waals surface area contributed by atoms with Crippen LogP contribution in [0.2, 0.25) is 0 Å². The van der Waals surface area contributed by atoms with Gasteiger partial charge in [0.05, 0.1) is 0 Å². The van der Waals surface area contributed by atoms with Crippen molar-refractivity contribution in [3.63, 3.8) is 0 Å². The van der Waals surface area contributed by atoms with Crippen LogP contribution in [-0.2, 0) is 2.81 Å². The Labute approximate surface area is 44.4 Å². The van der Waals surface area contributed by atoms with Crippen molar-refractivity contribution in [3.05, 3.63) is 0 Å². The van der Waals surface area contributed by atoms with Gasteiger partial charge in [-0.05, 0) is 0 Å². The molecule has 0 aromatic heterocycles. The van der Waals surface area contributed by atoms with Crippen LogP contribution in [-0.4, -0.2) is 41.2 Å². The van der Waals surface area contributed by atoms with E-state index in [1.165, 1.54) is 0 Å². The van der Waals surface area contributed by atoms with Crippen LogP contribution in [0.1, 0.15) is 0 Å². The average molecular weight is 280 g/mol. The number of hydrogen-bond donors (Lipinski definition) is 0. The molecule has 0 bridgehead atoms. The summed E-state index contributed by atoms with van der Waals surface area (Å²) >= 11 is 0.0556. The summed E-state index contributed by atoms with van der Waals surface area (Å²) < 4.78 is 8.39. The van der Waals surface area contributed by atoms with E-state index in [1.807, 2.05) is 0 Å². The zero-order valence-electron chi connectivity index (χ0n) is 2.41. The molecule has 5 heavy (non-hydrogen) atoms. The van der Waals surface area contributed by atoms with Crippen molar-refractivity contribution in [1.29, 1.82) is 0 Å². The molecule has 5 heteroatoms. The second-order valence-corrected chi connectivity index (χ2v) is 0. The summed E-state index contributed by atoms with van der Waals surface area (Å²) in [6, 6.07) is 0. The van der Waals surface area contributed by atoms with Crippen LogP contribution in [0.15, 0.2) is 0 Å². The van der Waals surface area contributed by atoms with Gasteiger partial charge >= 0.3 is 27.5 Å². The van der Waals surface area contributed by atoms with E-state index in [2.05, 4.69) is 0 Å². The third-order valence-corrected chi connectivity index (χ3v) is 0. The standard InChI is InChI=1S/Bi.3H2O.O.H/h;3*1H2;;. The minimum absolute atomic E-state index is 0. The van der Waals surface area contributed by atoms with Gasteiger partial charge in [-0.3, -0.25) is 0 Å². The van der Waals surface area contributed by atoms with Gasteiger partial charge in [-0.1, -0.05) is 0 Å². The van der Waals surface area contributed by atoms with E-state index < -0.39 is 0 Å². The normalized spacial score (nSPS) is 0.800. The van der Waals surface area contributed by atoms with Crippen LogP contribution in [0, 0.1) is 0 Å². The Balaban J connectivity index is -0.00000000167. The first kappa shape index (κ1) is 47.4. The molecular formula is H7BiO4. The molecule has 0 aliphatic heterocycles. The molecule has 6 N–H and O–H groups in total. The van der Waals surface area contributed by atoms with Gasteiger partial charge in [-0.25, -0.2) is 0 Å². The molecule has 0 spiro atoms. The Kier molecular flexibility index (Phi) is 1730. The molecule has 0 atom stereocenters. The van der Waals surface area contributed by atoms with Crippen LogP contribution < -0.4 is 0 Å². The summed E-state index contributed by atoms with van der Waals surface area (Å²) in [5, 5.41) is 0. The molecule has 0 amide bonds. The fraction of sp³-hybridized carbons (Fsp3) is 0. The van der Waals surface area contributed by atoms with Crippen molar-refractivity contribution in [2.45, 2.75) is 0 Å². The third-order valence-electron chi connectivity index (χ3n) is 0. The molecule has 0 saturated heterocycles. The Morgan fingerprint density at radius 3 is 0.800 bits per heavy atom. The summed E-state index contributed by atoms with van der Waals surface area (Å²) in [4.78, 5) is 0. The molecule has 0 heterocycles. The molecule has 0 aromatic rings. The van der Waals surface area contributed by atoms with Gasteiger partial charge in [0.2, 0.25) is 0 Å². The minimum atomic E-state index is 0. The monoisotopic (exact) mass is 280 g/mol. The second-order valence-electron chi connectivity index (χ2n) is 0. The molecule has 0 fully saturated rings. The SMILES string of the molecule is O.O.O.[O]=[BiH]. The van der Waals surface area contributed by atoms with Gasteiger partial charge in [0, 0.05) is 0 Å². The maximum absolute atomic E-state index is 8.39. The topological polar surface area (TPSA) is 112 Å². The van der Waals surface area contributed by atoms with Gasteiger partial charge < -0.3 is 16.4 Å². The zero-order chi connectivity index (χ0) is 2.00. The van der Waals surface area contributed by atoms with Gasteiger partial charge in [-0.15, -0.1) is 0 Å². The van der Waals surface area contributed by atoms with E-state index in [4.69, 9.17) is 2.81 Å². The summed E-state index contributed by atoms with van der Waals surface area (Å²) in [7, 11) is 0. The van der Waals surface area contributed by atoms with Gasteiger partial charge in [0.25, 0.3) is 0 Å². The third kappa shape index (κ3) is 94.5. The van der Waals surface area contributed by atoms with Gasteiger partial charge in [-0.2, -0.15) is 0 Å². The molecule has 0 radical (unpaired) electrons. The van der Waals surface area contributed by atoms with E-state index in [0.717, 1.165) is 0 Å². The van der Waals surface area contributed by atoms with Crippen LogP contribution >= 0.6 is 0 Å². The second kappa shape index (κ2) is 183. The van der Waals surface area contributed by atoms with Crippen molar-refractivity contribution in [3.8, 4) is 0 Å². The predicted octanol–water partition coefficient (Wildman–Crippen LogP) is -3.24. The Morgan fingerprint density at radius 2 is 0.800 bits per heavy atom. The fourth-order valence-electron chi connectivity index (χ4n) is 0. The Bertz CT molecular complexity index is 3.61. The van der Waals surface area contributed by atoms with Crippen LogP contribution in [0.4, 0.5) is 0 Å². The summed E-state index contributed by atoms with van der Waals surface area (Å²) in [5.74, 6) is 0. The fourth-order valence-corrected chi connectivity index (χ4v) is 0. The summed E-state index contributed by atoms with van der Waals surface area (Å²) in [6.07, 6.45) is 0. The molecule has 0 aromatic carbocycles. The van der Waals surface area contributed by atoms with Crippen molar-refractivity contribution < 1.29 is 19.2 Å². The quantitative estimate of drug-likeness (QED) is 0.426. The summed E-state index contributed by atoms with van der Waals surface area (Å²) in [6.45, 7) is 0. The first-order valence-corrected chi connectivity index (χ1v) is 1.79. The Morgan fingerprint density at radius 1 is 0.800 bits per heavy atom. The van der Waals surface area contributed by atoms with E-state index in [1.54, 1.807) is 0 Å². The van der Waals surface area contributed by atoms with Crippen molar-refractivity contribution in [2.24, 2.45) is 0 Å². The Hall–Kier alpha value is 0.563. The van der Waals surface area contributed by atoms with Crippen molar-refractivity contribution >= 4 is 24.7 Å². The first-order valence-electron chi connectivity index (χ1n) is 0.204. The van der Waals surface area contributed by atoms with Crippen LogP contribution in [0.25, 0.3) is 0 Å². The van der Waals surface area contributed by atoms with Crippen molar-refractivity contribution in [1.82, 2.24) is 0 Å². The molecule has 0 aliphatic rings. The van der Waals surface area contributed by atoms with Crippen molar-refractivity contribution in [2.75, 3.05) is 0 Å². The maximum atomic E-state index is 8.39. The van der Waals surface area contributed by atoms with E-state index in [9.17, 15) is 0 Å². The molecule has 0 rings (SSSR count). The zero-order valence-corrected chi connectivity index (χ0v) is 6.30. The average Bonchev–Trinajstić information content (AvgIpc) is 1.00. The molecule has 4 nitrogen and oxygen atoms in total. The first-order chi connectivity index (χ1) is 1.00. The summed E-state index contributed by atoms with van der Waals surface area (Å²) in [5.41, 5.74) is 0. The molecule has 0 aliphatic carbocycles. The van der Waals surface area contributed by atoms with Crippen LogP contribution in [0.5, 0.6) is 0 Å². The van der Waals surface area contributed by atoms with E-state index >= 15 is 0 Å². The number of hydrogen-bond acceptors (Lipinski definition) is 1. The molecular weight excluding hydrogens is 273 g/mol. The van der Waals surface area contributed by atoms with Crippen LogP contribution in [0.3, 0.4) is 0 Å². The molecule has 36 valence electrons. The van der Waals surface area contributed by atoms with Gasteiger partial charge in [0.1, 0.15) is 0 Å². The predicted molar refractivity (Wildman–Crippen MR) is 18.7 cm³/mol. The van der Waals surface area contributed by atoms with E-state index in [-0.39, 0.29) is 41.2 Å². The molecule has 0 unspecified atom stereocenters.